The Morgan fingerprint density at radius 2 is 1.79 bits per heavy atom. The zero-order chi connectivity index (χ0) is 26.6. The molecule has 1 aliphatic carbocycles. The predicted octanol–water partition coefficient (Wildman–Crippen LogP) is 4.88. The topological polar surface area (TPSA) is 99.4 Å². The highest BCUT2D eigenvalue weighted by Gasteiger charge is 2.48. The van der Waals surface area contributed by atoms with Gasteiger partial charge in [0.1, 0.15) is 17.2 Å². The van der Waals surface area contributed by atoms with Crippen LogP contribution >= 0.6 is 0 Å². The summed E-state index contributed by atoms with van der Waals surface area (Å²) < 4.78 is 5.96. The van der Waals surface area contributed by atoms with E-state index >= 15 is 0 Å². The van der Waals surface area contributed by atoms with Crippen LogP contribution in [0.4, 0.5) is 0 Å². The van der Waals surface area contributed by atoms with Gasteiger partial charge in [-0.3, -0.25) is 9.59 Å². The number of nitrogens with zero attached hydrogens (tertiary/aromatic N) is 2. The van der Waals surface area contributed by atoms with Crippen molar-refractivity contribution in [3.8, 4) is 11.3 Å². The molecular weight excluding hydrogens is 490 g/mol. The fraction of sp³-hybridized carbons (Fsp3) is 0.219. The van der Waals surface area contributed by atoms with Gasteiger partial charge in [0.25, 0.3) is 11.5 Å². The van der Waals surface area contributed by atoms with Crippen molar-refractivity contribution in [1.82, 2.24) is 14.9 Å². The minimum Gasteiger partial charge on any atom is -0.456 e. The molecule has 5 aromatic rings. The van der Waals surface area contributed by atoms with E-state index in [1.165, 1.54) is 0 Å². The van der Waals surface area contributed by atoms with Gasteiger partial charge in [0, 0.05) is 23.9 Å². The van der Waals surface area contributed by atoms with Crippen LogP contribution in [0.1, 0.15) is 47.2 Å². The van der Waals surface area contributed by atoms with Crippen LogP contribution in [0.15, 0.2) is 94.1 Å². The van der Waals surface area contributed by atoms with Crippen molar-refractivity contribution in [2.24, 2.45) is 0 Å². The number of hydrogen-bond acceptors (Lipinski definition) is 5. The first kappa shape index (κ1) is 23.6. The summed E-state index contributed by atoms with van der Waals surface area (Å²) >= 11 is 0. The number of aliphatic hydroxyl groups excluding tert-OH is 1. The molecule has 1 unspecified atom stereocenters. The number of carbonyl (C=O) groups excluding carboxylic acids is 1. The van der Waals surface area contributed by atoms with E-state index < -0.39 is 12.0 Å². The summed E-state index contributed by atoms with van der Waals surface area (Å²) in [6.45, 7) is 0.510. The summed E-state index contributed by atoms with van der Waals surface area (Å²) in [6, 6.07) is 27.0. The van der Waals surface area contributed by atoms with Gasteiger partial charge in [-0.25, -0.2) is 4.98 Å². The lowest BCUT2D eigenvalue weighted by Gasteiger charge is -2.30. The molecule has 0 bridgehead atoms. The van der Waals surface area contributed by atoms with Crippen LogP contribution in [0.5, 0.6) is 0 Å². The molecule has 2 N–H and O–H groups in total. The number of amides is 1. The van der Waals surface area contributed by atoms with Crippen molar-refractivity contribution in [2.75, 3.05) is 6.54 Å². The molecule has 1 aliphatic heterocycles. The van der Waals surface area contributed by atoms with Gasteiger partial charge < -0.3 is 19.4 Å². The quantitative estimate of drug-likeness (QED) is 0.346. The smallest absolute Gasteiger partial charge is 0.256 e. The minimum atomic E-state index is -1.35. The molecule has 7 nitrogen and oxygen atoms in total. The molecule has 0 spiro atoms. The zero-order valence-electron chi connectivity index (χ0n) is 21.3. The number of aromatic amines is 1. The molecule has 0 saturated heterocycles. The number of H-pyrrole nitrogens is 1. The third kappa shape index (κ3) is 4.06. The van der Waals surface area contributed by atoms with Crippen LogP contribution in [0, 0.1) is 0 Å². The summed E-state index contributed by atoms with van der Waals surface area (Å²) in [6.07, 6.45) is 1.01. The molecule has 0 radical (unpaired) electrons. The Morgan fingerprint density at radius 3 is 2.59 bits per heavy atom. The first-order valence-corrected chi connectivity index (χ1v) is 13.3. The monoisotopic (exact) mass is 517 g/mol. The second-order valence-corrected chi connectivity index (χ2v) is 10.5. The van der Waals surface area contributed by atoms with Gasteiger partial charge in [-0.15, -0.1) is 0 Å². The molecule has 2 aliphatic rings. The van der Waals surface area contributed by atoms with Crippen molar-refractivity contribution in [1.29, 1.82) is 0 Å². The number of nitrogens with one attached hydrogen (secondary N) is 1. The maximum absolute atomic E-state index is 13.3. The highest BCUT2D eigenvalue weighted by atomic mass is 16.3. The number of hydrogen-bond donors (Lipinski definition) is 2. The van der Waals surface area contributed by atoms with Crippen LogP contribution in [0.3, 0.4) is 0 Å². The Bertz CT molecular complexity index is 1730. The molecule has 3 heterocycles. The zero-order valence-corrected chi connectivity index (χ0v) is 21.3. The molecule has 194 valence electrons. The molecule has 3 aromatic carbocycles. The Kier molecular flexibility index (Phi) is 5.49. The lowest BCUT2D eigenvalue weighted by atomic mass is 9.94. The van der Waals surface area contributed by atoms with Crippen LogP contribution in [0.25, 0.3) is 22.3 Å². The third-order valence-corrected chi connectivity index (χ3v) is 8.06. The molecule has 7 rings (SSSR count). The second-order valence-electron chi connectivity index (χ2n) is 10.5. The number of furan rings is 1. The summed E-state index contributed by atoms with van der Waals surface area (Å²) in [5.74, 6) is 0.940. The number of para-hydroxylation sites is 1. The SMILES string of the molecule is O=C(C(O)c1cccc(-c2cc3ccccc3o2)c1)N1CCc2nc(C3(c4ccccc4)CC3)[nH]c(=O)c2C1. The van der Waals surface area contributed by atoms with Gasteiger partial charge in [-0.2, -0.15) is 0 Å². The summed E-state index contributed by atoms with van der Waals surface area (Å²) in [4.78, 5) is 36.0. The maximum atomic E-state index is 13.3. The fourth-order valence-electron chi connectivity index (χ4n) is 5.69. The van der Waals surface area contributed by atoms with Gasteiger partial charge in [0.05, 0.1) is 23.2 Å². The average molecular weight is 518 g/mol. The molecular formula is C32H27N3O4. The number of benzene rings is 3. The van der Waals surface area contributed by atoms with Gasteiger partial charge in [-0.1, -0.05) is 66.7 Å². The highest BCUT2D eigenvalue weighted by Crippen LogP contribution is 2.52. The molecule has 1 atom stereocenters. The van der Waals surface area contributed by atoms with Crippen molar-refractivity contribution in [3.05, 3.63) is 123 Å². The first-order valence-electron chi connectivity index (χ1n) is 13.3. The lowest BCUT2D eigenvalue weighted by molar-refractivity contribution is -0.141. The van der Waals surface area contributed by atoms with E-state index in [0.717, 1.165) is 40.6 Å². The first-order chi connectivity index (χ1) is 19.0. The maximum Gasteiger partial charge on any atom is 0.256 e. The van der Waals surface area contributed by atoms with Crippen molar-refractivity contribution >= 4 is 16.9 Å². The molecule has 7 heteroatoms. The van der Waals surface area contributed by atoms with E-state index in [2.05, 4.69) is 17.1 Å². The Labute approximate surface area is 224 Å². The van der Waals surface area contributed by atoms with E-state index in [-0.39, 0.29) is 17.5 Å². The van der Waals surface area contributed by atoms with Gasteiger partial charge in [0.2, 0.25) is 0 Å². The van der Waals surface area contributed by atoms with Crippen molar-refractivity contribution in [3.63, 3.8) is 0 Å². The van der Waals surface area contributed by atoms with Crippen molar-refractivity contribution < 1.29 is 14.3 Å². The van der Waals surface area contributed by atoms with Crippen LogP contribution in [-0.4, -0.2) is 32.4 Å². The normalized spacial score (nSPS) is 16.6. The largest absolute Gasteiger partial charge is 0.456 e. The van der Waals surface area contributed by atoms with Crippen LogP contribution < -0.4 is 5.56 Å². The fourth-order valence-corrected chi connectivity index (χ4v) is 5.69. The Balaban J connectivity index is 1.12. The molecule has 1 amide bonds. The summed E-state index contributed by atoms with van der Waals surface area (Å²) in [7, 11) is 0. The number of aromatic nitrogens is 2. The lowest BCUT2D eigenvalue weighted by Crippen LogP contribution is -2.42. The summed E-state index contributed by atoms with van der Waals surface area (Å²) in [5.41, 5.74) is 3.98. The number of fused-ring (bicyclic) bond motifs is 2. The standard InChI is InChI=1S/C32H27N3O4/c36-28(22-9-6-8-20(17-22)27-18-21-7-4-5-12-26(21)39-27)30(38)35-16-13-25-24(19-35)29(37)34-31(33-25)32(14-15-32)23-10-2-1-3-11-23/h1-12,17-18,28,36H,13-16,19H2,(H,33,34,37). The molecule has 39 heavy (non-hydrogen) atoms. The van der Waals surface area contributed by atoms with E-state index in [9.17, 15) is 14.7 Å². The molecule has 1 fully saturated rings. The van der Waals surface area contributed by atoms with E-state index in [1.54, 1.807) is 23.1 Å². The van der Waals surface area contributed by atoms with Crippen LogP contribution in [0.2, 0.25) is 0 Å². The number of carbonyl (C=O) groups is 1. The third-order valence-electron chi connectivity index (χ3n) is 8.06. The Hall–Kier alpha value is -4.49. The van der Waals surface area contributed by atoms with Gasteiger partial charge >= 0.3 is 0 Å². The molecule has 1 saturated carbocycles. The molecule has 2 aromatic heterocycles. The van der Waals surface area contributed by atoms with Gasteiger partial charge in [0.15, 0.2) is 6.10 Å². The number of aliphatic hydroxyl groups is 1. The number of rotatable bonds is 5. The van der Waals surface area contributed by atoms with Gasteiger partial charge in [-0.05, 0) is 42.2 Å². The Morgan fingerprint density at radius 1 is 1.00 bits per heavy atom. The van der Waals surface area contributed by atoms with Crippen molar-refractivity contribution in [2.45, 2.75) is 37.3 Å². The predicted molar refractivity (Wildman–Crippen MR) is 147 cm³/mol. The van der Waals surface area contributed by atoms with E-state index in [0.29, 0.717) is 35.7 Å². The average Bonchev–Trinajstić information content (AvgIpc) is 3.69. The van der Waals surface area contributed by atoms with Crippen LogP contribution in [-0.2, 0) is 23.2 Å². The minimum absolute atomic E-state index is 0.120. The second kappa shape index (κ2) is 9.06. The summed E-state index contributed by atoms with van der Waals surface area (Å²) in [5, 5.41) is 12.0. The van der Waals surface area contributed by atoms with E-state index in [1.807, 2.05) is 54.6 Å². The highest BCUT2D eigenvalue weighted by molar-refractivity contribution is 5.84. The van der Waals surface area contributed by atoms with E-state index in [4.69, 9.17) is 9.40 Å².